The smallest absolute Gasteiger partial charge is 0.0394 e. The zero-order chi connectivity index (χ0) is 5.82. The summed E-state index contributed by atoms with van der Waals surface area (Å²) in [5.41, 5.74) is 0. The molecule has 2 nitrogen and oxygen atoms in total. The summed E-state index contributed by atoms with van der Waals surface area (Å²) in [5, 5.41) is 3.22. The standard InChI is InChI=1S/C5H12N2.ClH/c1-7-4-2-6-3-5-7;/h6H,2-5H2,1H3;1H/i1D;. The van der Waals surface area contributed by atoms with Crippen molar-refractivity contribution in [3.05, 3.63) is 0 Å². The zero-order valence-electron chi connectivity index (χ0n) is 5.89. The molecule has 50 valence electrons. The molecule has 0 aromatic heterocycles. The Morgan fingerprint density at radius 2 is 2.12 bits per heavy atom. The number of piperazine rings is 1. The van der Waals surface area contributed by atoms with Crippen molar-refractivity contribution in [2.75, 3.05) is 33.2 Å². The van der Waals surface area contributed by atoms with Crippen molar-refractivity contribution in [2.45, 2.75) is 0 Å². The Kier molecular flexibility index (Phi) is 3.26. The molecular formula is C5H13ClN2. The highest BCUT2D eigenvalue weighted by atomic mass is 35.5. The van der Waals surface area contributed by atoms with Crippen molar-refractivity contribution in [2.24, 2.45) is 0 Å². The van der Waals surface area contributed by atoms with Crippen LogP contribution in [-0.4, -0.2) is 38.1 Å². The number of hydrogen-bond acceptors (Lipinski definition) is 2. The average Bonchev–Trinajstić information content (AvgIpc) is 1.90. The van der Waals surface area contributed by atoms with Gasteiger partial charge in [-0.25, -0.2) is 0 Å². The molecule has 1 heterocycles. The molecule has 1 aliphatic rings. The summed E-state index contributed by atoms with van der Waals surface area (Å²) in [6, 6.07) is 0. The quantitative estimate of drug-likeness (QED) is 0.504. The van der Waals surface area contributed by atoms with E-state index in [1.165, 1.54) is 0 Å². The van der Waals surface area contributed by atoms with Gasteiger partial charge in [0.05, 0.1) is 0 Å². The van der Waals surface area contributed by atoms with E-state index in [0.29, 0.717) is 7.02 Å². The summed E-state index contributed by atoms with van der Waals surface area (Å²) >= 11 is 0. The number of rotatable bonds is 0. The van der Waals surface area contributed by atoms with Crippen molar-refractivity contribution in [1.29, 1.82) is 0 Å². The summed E-state index contributed by atoms with van der Waals surface area (Å²) in [6.07, 6.45) is 0. The fourth-order valence-corrected chi connectivity index (χ4v) is 0.711. The van der Waals surface area contributed by atoms with Crippen LogP contribution in [0.2, 0.25) is 0 Å². The molecule has 1 rings (SSSR count). The van der Waals surface area contributed by atoms with E-state index in [-0.39, 0.29) is 12.4 Å². The van der Waals surface area contributed by atoms with Gasteiger partial charge in [0.1, 0.15) is 0 Å². The van der Waals surface area contributed by atoms with Crippen molar-refractivity contribution in [3.8, 4) is 0 Å². The van der Waals surface area contributed by atoms with E-state index >= 15 is 0 Å². The third-order valence-corrected chi connectivity index (χ3v) is 1.21. The van der Waals surface area contributed by atoms with Crippen LogP contribution in [0.5, 0.6) is 0 Å². The molecule has 0 radical (unpaired) electrons. The van der Waals surface area contributed by atoms with Gasteiger partial charge in [0, 0.05) is 27.5 Å². The van der Waals surface area contributed by atoms with Gasteiger partial charge in [-0.3, -0.25) is 0 Å². The van der Waals surface area contributed by atoms with Gasteiger partial charge in [0.15, 0.2) is 0 Å². The molecule has 0 unspecified atom stereocenters. The third kappa shape index (κ3) is 2.50. The van der Waals surface area contributed by atoms with Crippen molar-refractivity contribution in [1.82, 2.24) is 10.2 Å². The molecular weight excluding hydrogens is 124 g/mol. The monoisotopic (exact) mass is 137 g/mol. The van der Waals surface area contributed by atoms with Gasteiger partial charge in [-0.05, 0) is 7.02 Å². The van der Waals surface area contributed by atoms with Crippen LogP contribution in [-0.2, 0) is 0 Å². The molecule has 0 aliphatic carbocycles. The molecule has 1 N–H and O–H groups in total. The Labute approximate surface area is 58.1 Å². The van der Waals surface area contributed by atoms with Crippen LogP contribution in [0.1, 0.15) is 1.37 Å². The largest absolute Gasteiger partial charge is 0.314 e. The van der Waals surface area contributed by atoms with Gasteiger partial charge in [-0.15, -0.1) is 12.4 Å². The molecule has 3 heteroatoms. The molecule has 0 spiro atoms. The van der Waals surface area contributed by atoms with E-state index in [1.807, 2.05) is 0 Å². The highest BCUT2D eigenvalue weighted by Gasteiger charge is 2.01. The van der Waals surface area contributed by atoms with E-state index in [1.54, 1.807) is 0 Å². The van der Waals surface area contributed by atoms with Gasteiger partial charge in [0.2, 0.25) is 0 Å². The minimum absolute atomic E-state index is 0. The molecule has 0 amide bonds. The van der Waals surface area contributed by atoms with Crippen LogP contribution < -0.4 is 5.32 Å². The van der Waals surface area contributed by atoms with E-state index in [4.69, 9.17) is 1.37 Å². The van der Waals surface area contributed by atoms with Crippen LogP contribution >= 0.6 is 12.4 Å². The number of nitrogens with one attached hydrogen (secondary N) is 1. The summed E-state index contributed by atoms with van der Waals surface area (Å²) in [4.78, 5) is 2.12. The van der Waals surface area contributed by atoms with Crippen LogP contribution in [0.3, 0.4) is 0 Å². The highest BCUT2D eigenvalue weighted by Crippen LogP contribution is 1.82. The van der Waals surface area contributed by atoms with Gasteiger partial charge in [-0.2, -0.15) is 0 Å². The van der Waals surface area contributed by atoms with Crippen LogP contribution in [0, 0.1) is 0 Å². The van der Waals surface area contributed by atoms with Gasteiger partial charge < -0.3 is 10.2 Å². The van der Waals surface area contributed by atoms with Crippen LogP contribution in [0.4, 0.5) is 0 Å². The molecule has 0 bridgehead atoms. The molecule has 1 saturated heterocycles. The SMILES string of the molecule is Cl.[2H]CN1CCNCC1. The molecule has 8 heavy (non-hydrogen) atoms. The predicted molar refractivity (Wildman–Crippen MR) is 37.6 cm³/mol. The normalized spacial score (nSPS) is 23.8. The van der Waals surface area contributed by atoms with Gasteiger partial charge >= 0.3 is 0 Å². The van der Waals surface area contributed by atoms with Gasteiger partial charge in [0.25, 0.3) is 0 Å². The second-order valence-corrected chi connectivity index (χ2v) is 1.87. The summed E-state index contributed by atoms with van der Waals surface area (Å²) in [6.45, 7) is 4.20. The molecule has 1 aliphatic heterocycles. The first-order valence-corrected chi connectivity index (χ1v) is 2.66. The van der Waals surface area contributed by atoms with Gasteiger partial charge in [-0.1, -0.05) is 0 Å². The maximum atomic E-state index is 7.00. The molecule has 0 atom stereocenters. The summed E-state index contributed by atoms with van der Waals surface area (Å²) in [5.74, 6) is 0. The number of halogens is 1. The van der Waals surface area contributed by atoms with Crippen molar-refractivity contribution >= 4 is 12.4 Å². The first kappa shape index (κ1) is 6.33. The first-order chi connectivity index (χ1) is 3.93. The summed E-state index contributed by atoms with van der Waals surface area (Å²) in [7, 11) is 0.460. The number of nitrogens with zero attached hydrogens (tertiary/aromatic N) is 1. The van der Waals surface area contributed by atoms with E-state index in [2.05, 4.69) is 10.2 Å². The Bertz CT molecular complexity index is 66.0. The fourth-order valence-electron chi connectivity index (χ4n) is 0.711. The minimum Gasteiger partial charge on any atom is -0.314 e. The fraction of sp³-hybridized carbons (Fsp3) is 1.00. The lowest BCUT2D eigenvalue weighted by molar-refractivity contribution is 0.291. The second kappa shape index (κ2) is 4.13. The van der Waals surface area contributed by atoms with Crippen molar-refractivity contribution < 1.29 is 1.37 Å². The highest BCUT2D eigenvalue weighted by molar-refractivity contribution is 5.85. The molecule has 0 aromatic rings. The minimum atomic E-state index is 0. The Balaban J connectivity index is 0.000000640. The number of likely N-dealkylation sites (N-methyl/N-ethyl adjacent to an activating group) is 1. The summed E-state index contributed by atoms with van der Waals surface area (Å²) < 4.78 is 7.00. The maximum Gasteiger partial charge on any atom is 0.0394 e. The lowest BCUT2D eigenvalue weighted by Crippen LogP contribution is -2.40. The second-order valence-electron chi connectivity index (χ2n) is 1.87. The number of hydrogen-bond donors (Lipinski definition) is 1. The van der Waals surface area contributed by atoms with E-state index < -0.39 is 0 Å². The zero-order valence-corrected chi connectivity index (χ0v) is 5.71. The maximum absolute atomic E-state index is 7.00. The Hall–Kier alpha value is 0.210. The predicted octanol–water partition coefficient (Wildman–Crippen LogP) is -0.0568. The van der Waals surface area contributed by atoms with E-state index in [0.717, 1.165) is 26.2 Å². The first-order valence-electron chi connectivity index (χ1n) is 3.36. The molecule has 0 aromatic carbocycles. The van der Waals surface area contributed by atoms with Crippen molar-refractivity contribution in [3.63, 3.8) is 0 Å². The molecule has 0 saturated carbocycles. The van der Waals surface area contributed by atoms with Crippen LogP contribution in [0.15, 0.2) is 0 Å². The average molecular weight is 138 g/mol. The Morgan fingerprint density at radius 3 is 2.50 bits per heavy atom. The Morgan fingerprint density at radius 1 is 1.50 bits per heavy atom. The lowest BCUT2D eigenvalue weighted by atomic mass is 10.4. The van der Waals surface area contributed by atoms with Crippen LogP contribution in [0.25, 0.3) is 0 Å². The molecule has 1 fully saturated rings. The topological polar surface area (TPSA) is 15.3 Å². The van der Waals surface area contributed by atoms with E-state index in [9.17, 15) is 0 Å². The third-order valence-electron chi connectivity index (χ3n) is 1.21. The lowest BCUT2D eigenvalue weighted by Gasteiger charge is -2.21.